The second-order valence-electron chi connectivity index (χ2n) is 9.72. The molecule has 0 bridgehead atoms. The molecule has 1 aromatic heterocycles. The van der Waals surface area contributed by atoms with Gasteiger partial charge in [0.2, 0.25) is 5.89 Å². The summed E-state index contributed by atoms with van der Waals surface area (Å²) in [6, 6.07) is 0. The normalized spacial score (nSPS) is 21.9. The minimum absolute atomic E-state index is 0.220. The number of guanidine groups is 1. The SMILES string of the molecule is CCNC(=NCC1CCN(Cc2nc(C)c(C)o2)CC1)NCC1CN(CC(C)C)CCO1. The number of ether oxygens (including phenoxy) is 1. The van der Waals surface area contributed by atoms with Crippen LogP contribution >= 0.6 is 0 Å². The molecule has 2 N–H and O–H groups in total. The Kier molecular flexibility index (Phi) is 9.81. The zero-order chi connectivity index (χ0) is 22.9. The van der Waals surface area contributed by atoms with E-state index in [9.17, 15) is 0 Å². The number of hydrogen-bond acceptors (Lipinski definition) is 6. The lowest BCUT2D eigenvalue weighted by atomic mass is 9.97. The van der Waals surface area contributed by atoms with Gasteiger partial charge in [0.05, 0.1) is 24.9 Å². The van der Waals surface area contributed by atoms with Crippen LogP contribution in [0.3, 0.4) is 0 Å². The fourth-order valence-electron chi connectivity index (χ4n) is 4.48. The standard InChI is InChI=1S/C24H44N6O2/c1-6-25-24(27-14-22-16-30(11-12-31-22)15-18(2)3)26-13-21-7-9-29(10-8-21)17-23-28-19(4)20(5)32-23/h18,21-22H,6-17H2,1-5H3,(H2,25,26,27). The molecular weight excluding hydrogens is 404 g/mol. The molecule has 2 fully saturated rings. The minimum atomic E-state index is 0.220. The van der Waals surface area contributed by atoms with Crippen molar-refractivity contribution in [2.45, 2.75) is 60.1 Å². The molecule has 0 aromatic carbocycles. The van der Waals surface area contributed by atoms with Gasteiger partial charge in [0.1, 0.15) is 5.76 Å². The van der Waals surface area contributed by atoms with Crippen LogP contribution in [0.5, 0.6) is 0 Å². The molecule has 3 rings (SSSR count). The maximum absolute atomic E-state index is 5.98. The van der Waals surface area contributed by atoms with Crippen molar-refractivity contribution in [2.24, 2.45) is 16.8 Å². The maximum atomic E-state index is 5.98. The number of oxazole rings is 1. The summed E-state index contributed by atoms with van der Waals surface area (Å²) in [5, 5.41) is 6.90. The largest absolute Gasteiger partial charge is 0.444 e. The minimum Gasteiger partial charge on any atom is -0.444 e. The Morgan fingerprint density at radius 1 is 1.16 bits per heavy atom. The number of rotatable bonds is 9. The van der Waals surface area contributed by atoms with E-state index in [2.05, 4.69) is 46.2 Å². The monoisotopic (exact) mass is 448 g/mol. The molecular formula is C24H44N6O2. The summed E-state index contributed by atoms with van der Waals surface area (Å²) < 4.78 is 11.7. The fraction of sp³-hybridized carbons (Fsp3) is 0.833. The molecule has 8 nitrogen and oxygen atoms in total. The molecule has 0 saturated carbocycles. The van der Waals surface area contributed by atoms with Crippen LogP contribution in [-0.4, -0.2) is 85.8 Å². The van der Waals surface area contributed by atoms with Crippen LogP contribution in [0.2, 0.25) is 0 Å². The van der Waals surface area contributed by atoms with Crippen molar-refractivity contribution in [3.63, 3.8) is 0 Å². The van der Waals surface area contributed by atoms with Gasteiger partial charge in [-0.15, -0.1) is 0 Å². The number of aryl methyl sites for hydroxylation is 2. The van der Waals surface area contributed by atoms with Crippen LogP contribution in [0.25, 0.3) is 0 Å². The predicted octanol–water partition coefficient (Wildman–Crippen LogP) is 2.42. The first-order chi connectivity index (χ1) is 15.4. The van der Waals surface area contributed by atoms with Gasteiger partial charge in [-0.2, -0.15) is 0 Å². The molecule has 2 saturated heterocycles. The number of hydrogen-bond donors (Lipinski definition) is 2. The Balaban J connectivity index is 1.40. The van der Waals surface area contributed by atoms with Crippen molar-refractivity contribution in [2.75, 3.05) is 59.0 Å². The van der Waals surface area contributed by atoms with E-state index in [1.165, 1.54) is 0 Å². The van der Waals surface area contributed by atoms with Crippen LogP contribution in [0, 0.1) is 25.7 Å². The average Bonchev–Trinajstić information content (AvgIpc) is 3.07. The van der Waals surface area contributed by atoms with Crippen molar-refractivity contribution in [1.82, 2.24) is 25.4 Å². The first-order valence-corrected chi connectivity index (χ1v) is 12.4. The Hall–Kier alpha value is -1.64. The summed E-state index contributed by atoms with van der Waals surface area (Å²) in [7, 11) is 0. The summed E-state index contributed by atoms with van der Waals surface area (Å²) in [5.74, 6) is 3.99. The van der Waals surface area contributed by atoms with Crippen LogP contribution in [0.15, 0.2) is 9.41 Å². The van der Waals surface area contributed by atoms with Gasteiger partial charge in [0.15, 0.2) is 5.96 Å². The molecule has 1 atom stereocenters. The van der Waals surface area contributed by atoms with Gasteiger partial charge in [-0.05, 0) is 58.5 Å². The maximum Gasteiger partial charge on any atom is 0.208 e. The van der Waals surface area contributed by atoms with Crippen LogP contribution in [-0.2, 0) is 11.3 Å². The number of aliphatic imine (C=N–C) groups is 1. The molecule has 3 heterocycles. The predicted molar refractivity (Wildman–Crippen MR) is 129 cm³/mol. The number of nitrogens with zero attached hydrogens (tertiary/aromatic N) is 4. The van der Waals surface area contributed by atoms with Crippen molar-refractivity contribution in [3.8, 4) is 0 Å². The topological polar surface area (TPSA) is 78.2 Å². The highest BCUT2D eigenvalue weighted by Gasteiger charge is 2.22. The third-order valence-electron chi connectivity index (χ3n) is 6.33. The van der Waals surface area contributed by atoms with Crippen molar-refractivity contribution in [1.29, 1.82) is 0 Å². The van der Waals surface area contributed by atoms with E-state index >= 15 is 0 Å². The third kappa shape index (κ3) is 8.05. The van der Waals surface area contributed by atoms with Gasteiger partial charge in [-0.25, -0.2) is 4.98 Å². The van der Waals surface area contributed by atoms with E-state index in [4.69, 9.17) is 14.1 Å². The summed E-state index contributed by atoms with van der Waals surface area (Å²) in [6.07, 6.45) is 2.55. The zero-order valence-corrected chi connectivity index (χ0v) is 20.8. The van der Waals surface area contributed by atoms with E-state index in [-0.39, 0.29) is 6.10 Å². The third-order valence-corrected chi connectivity index (χ3v) is 6.33. The zero-order valence-electron chi connectivity index (χ0n) is 20.8. The van der Waals surface area contributed by atoms with Crippen LogP contribution in [0.4, 0.5) is 0 Å². The van der Waals surface area contributed by atoms with Crippen molar-refractivity contribution < 1.29 is 9.15 Å². The first kappa shape index (κ1) is 25.0. The van der Waals surface area contributed by atoms with Gasteiger partial charge < -0.3 is 19.8 Å². The van der Waals surface area contributed by atoms with Gasteiger partial charge in [-0.3, -0.25) is 14.8 Å². The van der Waals surface area contributed by atoms with E-state index in [1.807, 2.05) is 13.8 Å². The molecule has 2 aliphatic rings. The molecule has 0 radical (unpaired) electrons. The molecule has 0 amide bonds. The average molecular weight is 449 g/mol. The highest BCUT2D eigenvalue weighted by Crippen LogP contribution is 2.20. The lowest BCUT2D eigenvalue weighted by Crippen LogP contribution is -2.50. The van der Waals surface area contributed by atoms with Gasteiger partial charge in [0.25, 0.3) is 0 Å². The molecule has 1 unspecified atom stereocenters. The van der Waals surface area contributed by atoms with E-state index in [0.717, 1.165) is 102 Å². The summed E-state index contributed by atoms with van der Waals surface area (Å²) in [6.45, 7) is 20.1. The van der Waals surface area contributed by atoms with E-state index in [0.29, 0.717) is 11.8 Å². The molecule has 182 valence electrons. The highest BCUT2D eigenvalue weighted by molar-refractivity contribution is 5.79. The van der Waals surface area contributed by atoms with Gasteiger partial charge in [0, 0.05) is 39.3 Å². The molecule has 0 spiro atoms. The second kappa shape index (κ2) is 12.6. The Bertz CT molecular complexity index is 692. The Morgan fingerprint density at radius 3 is 2.59 bits per heavy atom. The van der Waals surface area contributed by atoms with Gasteiger partial charge in [-0.1, -0.05) is 13.8 Å². The van der Waals surface area contributed by atoms with Crippen molar-refractivity contribution in [3.05, 3.63) is 17.3 Å². The Labute approximate surface area is 194 Å². The number of nitrogens with one attached hydrogen (secondary N) is 2. The van der Waals surface area contributed by atoms with Crippen LogP contribution < -0.4 is 10.6 Å². The second-order valence-corrected chi connectivity index (χ2v) is 9.72. The van der Waals surface area contributed by atoms with E-state index in [1.54, 1.807) is 0 Å². The smallest absolute Gasteiger partial charge is 0.208 e. The molecule has 2 aliphatic heterocycles. The molecule has 8 heteroatoms. The lowest BCUT2D eigenvalue weighted by molar-refractivity contribution is -0.0284. The number of piperidine rings is 1. The quantitative estimate of drug-likeness (QED) is 0.444. The Morgan fingerprint density at radius 2 is 1.94 bits per heavy atom. The number of aromatic nitrogens is 1. The highest BCUT2D eigenvalue weighted by atomic mass is 16.5. The summed E-state index contributed by atoms with van der Waals surface area (Å²) >= 11 is 0. The summed E-state index contributed by atoms with van der Waals surface area (Å²) in [4.78, 5) is 14.4. The van der Waals surface area contributed by atoms with Crippen LogP contribution in [0.1, 0.15) is 51.0 Å². The number of likely N-dealkylation sites (tertiary alicyclic amines) is 1. The lowest BCUT2D eigenvalue weighted by Gasteiger charge is -2.34. The van der Waals surface area contributed by atoms with Gasteiger partial charge >= 0.3 is 0 Å². The number of morpholine rings is 1. The summed E-state index contributed by atoms with van der Waals surface area (Å²) in [5.41, 5.74) is 0.999. The van der Waals surface area contributed by atoms with E-state index < -0.39 is 0 Å². The molecule has 1 aromatic rings. The molecule has 32 heavy (non-hydrogen) atoms. The first-order valence-electron chi connectivity index (χ1n) is 12.4. The molecule has 0 aliphatic carbocycles. The van der Waals surface area contributed by atoms with Crippen molar-refractivity contribution >= 4 is 5.96 Å². The fourth-order valence-corrected chi connectivity index (χ4v) is 4.48.